The fraction of sp³-hybridized carbons (Fsp3) is 0.364. The fourth-order valence-electron chi connectivity index (χ4n) is 3.86. The number of imidazole rings is 1. The first-order valence-corrected chi connectivity index (χ1v) is 10.1. The number of aromatic nitrogens is 3. The largest absolute Gasteiger partial charge is 0.431 e. The third kappa shape index (κ3) is 3.76. The van der Waals surface area contributed by atoms with Gasteiger partial charge in [0.25, 0.3) is 5.91 Å². The number of aryl methyl sites for hydroxylation is 1. The molecule has 172 valence electrons. The molecule has 0 saturated heterocycles. The predicted molar refractivity (Wildman–Crippen MR) is 109 cm³/mol. The SMILES string of the molecule is Cc1nc(-c2ccc(C#N)cc2)oc1C(=O)N1Cc2cnc(C(C)(O)C(F)(F)F)n2[C@@H](C)C1. The second-order valence-corrected chi connectivity index (χ2v) is 8.17. The number of carbonyl (C=O) groups excluding carboxylic acids is 1. The van der Waals surface area contributed by atoms with Gasteiger partial charge in [0.15, 0.2) is 5.82 Å². The Morgan fingerprint density at radius 1 is 1.30 bits per heavy atom. The van der Waals surface area contributed by atoms with E-state index < -0.39 is 29.6 Å². The topological polar surface area (TPSA) is 108 Å². The normalized spacial score (nSPS) is 17.9. The molecule has 0 saturated carbocycles. The van der Waals surface area contributed by atoms with Crippen LogP contribution in [0.3, 0.4) is 0 Å². The Morgan fingerprint density at radius 2 is 1.97 bits per heavy atom. The molecular weight excluding hydrogens is 439 g/mol. The Kier molecular flexibility index (Phi) is 5.29. The van der Waals surface area contributed by atoms with Gasteiger partial charge >= 0.3 is 6.18 Å². The van der Waals surface area contributed by atoms with E-state index >= 15 is 0 Å². The van der Waals surface area contributed by atoms with Crippen LogP contribution in [0.4, 0.5) is 13.2 Å². The molecule has 11 heteroatoms. The molecule has 0 radical (unpaired) electrons. The van der Waals surface area contributed by atoms with E-state index in [-0.39, 0.29) is 24.7 Å². The summed E-state index contributed by atoms with van der Waals surface area (Å²) < 4.78 is 47.1. The van der Waals surface area contributed by atoms with Crippen molar-refractivity contribution in [1.29, 1.82) is 5.26 Å². The van der Waals surface area contributed by atoms with E-state index in [2.05, 4.69) is 9.97 Å². The fourth-order valence-corrected chi connectivity index (χ4v) is 3.86. The summed E-state index contributed by atoms with van der Waals surface area (Å²) in [6.07, 6.45) is -3.67. The van der Waals surface area contributed by atoms with E-state index in [1.807, 2.05) is 6.07 Å². The smallest absolute Gasteiger partial charge is 0.424 e. The summed E-state index contributed by atoms with van der Waals surface area (Å²) in [6, 6.07) is 7.99. The molecule has 0 aliphatic carbocycles. The van der Waals surface area contributed by atoms with E-state index in [9.17, 15) is 23.1 Å². The average Bonchev–Trinajstić information content (AvgIpc) is 3.37. The molecule has 0 spiro atoms. The number of halogens is 3. The van der Waals surface area contributed by atoms with Gasteiger partial charge in [-0.2, -0.15) is 18.4 Å². The Balaban J connectivity index is 1.61. The van der Waals surface area contributed by atoms with Crippen LogP contribution in [-0.4, -0.2) is 43.2 Å². The standard InChI is InChI=1S/C22H20F3N5O3/c1-12-10-29(11-16-9-27-20(30(12)16)21(3,32)22(23,24)25)19(31)17-13(2)28-18(33-17)15-6-4-14(8-26)5-7-15/h4-7,9,12,32H,10-11H2,1-3H3/t12-,21?/m0/s1. The number of hydrogen-bond donors (Lipinski definition) is 1. The Hall–Kier alpha value is -3.65. The number of carbonyl (C=O) groups is 1. The summed E-state index contributed by atoms with van der Waals surface area (Å²) in [7, 11) is 0. The second-order valence-electron chi connectivity index (χ2n) is 8.17. The number of nitrogens with zero attached hydrogens (tertiary/aromatic N) is 5. The molecule has 3 heterocycles. The average molecular weight is 459 g/mol. The van der Waals surface area contributed by atoms with Gasteiger partial charge in [-0.25, -0.2) is 9.97 Å². The lowest BCUT2D eigenvalue weighted by Gasteiger charge is -2.35. The quantitative estimate of drug-likeness (QED) is 0.640. The molecule has 3 aromatic rings. The second kappa shape index (κ2) is 7.74. The Bertz CT molecular complexity index is 1250. The number of fused-ring (bicyclic) bond motifs is 1. The van der Waals surface area contributed by atoms with Gasteiger partial charge in [-0.05, 0) is 45.0 Å². The summed E-state index contributed by atoms with van der Waals surface area (Å²) in [4.78, 5) is 22.8. The zero-order valence-electron chi connectivity index (χ0n) is 18.0. The van der Waals surface area contributed by atoms with Crippen LogP contribution in [-0.2, 0) is 12.1 Å². The first-order chi connectivity index (χ1) is 15.4. The molecule has 1 unspecified atom stereocenters. The molecule has 1 aromatic carbocycles. The zero-order chi connectivity index (χ0) is 24.1. The van der Waals surface area contributed by atoms with E-state index in [4.69, 9.17) is 9.68 Å². The van der Waals surface area contributed by atoms with Crippen LogP contribution < -0.4 is 0 Å². The Labute approximate surface area is 186 Å². The number of benzene rings is 1. The van der Waals surface area contributed by atoms with Gasteiger partial charge in [0, 0.05) is 12.1 Å². The van der Waals surface area contributed by atoms with Crippen LogP contribution in [0.15, 0.2) is 34.9 Å². The van der Waals surface area contributed by atoms with Gasteiger partial charge in [-0.15, -0.1) is 0 Å². The van der Waals surface area contributed by atoms with Crippen LogP contribution in [0.1, 0.15) is 53.2 Å². The van der Waals surface area contributed by atoms with Crippen molar-refractivity contribution < 1.29 is 27.5 Å². The number of aliphatic hydroxyl groups is 1. The molecule has 8 nitrogen and oxygen atoms in total. The first kappa shape index (κ1) is 22.5. The number of rotatable bonds is 3. The van der Waals surface area contributed by atoms with Gasteiger partial charge in [0.2, 0.25) is 17.3 Å². The number of nitriles is 1. The van der Waals surface area contributed by atoms with E-state index in [0.717, 1.165) is 0 Å². The van der Waals surface area contributed by atoms with Crippen molar-refractivity contribution >= 4 is 5.91 Å². The maximum atomic E-state index is 13.3. The van der Waals surface area contributed by atoms with Gasteiger partial charge in [0.1, 0.15) is 0 Å². The van der Waals surface area contributed by atoms with Gasteiger partial charge < -0.3 is 19.0 Å². The lowest BCUT2D eigenvalue weighted by atomic mass is 10.0. The van der Waals surface area contributed by atoms with Crippen molar-refractivity contribution in [3.63, 3.8) is 0 Å². The first-order valence-electron chi connectivity index (χ1n) is 10.1. The number of hydrogen-bond acceptors (Lipinski definition) is 6. The predicted octanol–water partition coefficient (Wildman–Crippen LogP) is 3.71. The lowest BCUT2D eigenvalue weighted by Crippen LogP contribution is -2.45. The minimum absolute atomic E-state index is 0.00352. The zero-order valence-corrected chi connectivity index (χ0v) is 18.0. The summed E-state index contributed by atoms with van der Waals surface area (Å²) in [5.74, 6) is -0.720. The van der Waals surface area contributed by atoms with Crippen LogP contribution in [0.5, 0.6) is 0 Å². The van der Waals surface area contributed by atoms with Gasteiger partial charge in [0.05, 0.1) is 41.8 Å². The van der Waals surface area contributed by atoms with E-state index in [1.165, 1.54) is 15.7 Å². The highest BCUT2D eigenvalue weighted by Crippen LogP contribution is 2.40. The monoisotopic (exact) mass is 459 g/mol. The number of amides is 1. The van der Waals surface area contributed by atoms with Crippen LogP contribution in [0, 0.1) is 18.3 Å². The third-order valence-electron chi connectivity index (χ3n) is 5.68. The summed E-state index contributed by atoms with van der Waals surface area (Å²) in [6.45, 7) is 4.03. The maximum Gasteiger partial charge on any atom is 0.424 e. The molecule has 0 bridgehead atoms. The van der Waals surface area contributed by atoms with Crippen molar-refractivity contribution in [3.05, 3.63) is 59.0 Å². The van der Waals surface area contributed by atoms with Crippen LogP contribution >= 0.6 is 0 Å². The van der Waals surface area contributed by atoms with Crippen molar-refractivity contribution in [2.45, 2.75) is 45.1 Å². The molecule has 33 heavy (non-hydrogen) atoms. The Morgan fingerprint density at radius 3 is 2.58 bits per heavy atom. The minimum atomic E-state index is -4.90. The van der Waals surface area contributed by atoms with Gasteiger partial charge in [-0.1, -0.05) is 0 Å². The van der Waals surface area contributed by atoms with Crippen LogP contribution in [0.25, 0.3) is 11.5 Å². The lowest BCUT2D eigenvalue weighted by molar-refractivity contribution is -0.263. The maximum absolute atomic E-state index is 13.3. The molecule has 1 amide bonds. The van der Waals surface area contributed by atoms with E-state index in [1.54, 1.807) is 38.1 Å². The van der Waals surface area contributed by atoms with Crippen molar-refractivity contribution in [2.24, 2.45) is 0 Å². The summed E-state index contributed by atoms with van der Waals surface area (Å²) in [5.41, 5.74) is -1.32. The van der Waals surface area contributed by atoms with Crippen molar-refractivity contribution in [2.75, 3.05) is 6.54 Å². The molecule has 4 rings (SSSR count). The van der Waals surface area contributed by atoms with Crippen molar-refractivity contribution in [3.8, 4) is 17.5 Å². The molecule has 2 atom stereocenters. The molecule has 1 aliphatic rings. The molecular formula is C22H20F3N5O3. The third-order valence-corrected chi connectivity index (χ3v) is 5.68. The molecule has 2 aromatic heterocycles. The minimum Gasteiger partial charge on any atom is -0.431 e. The highest BCUT2D eigenvalue weighted by atomic mass is 19.4. The number of alkyl halides is 3. The van der Waals surface area contributed by atoms with Crippen molar-refractivity contribution in [1.82, 2.24) is 19.4 Å². The molecule has 1 N–H and O–H groups in total. The summed E-state index contributed by atoms with van der Waals surface area (Å²) >= 11 is 0. The highest BCUT2D eigenvalue weighted by molar-refractivity contribution is 5.93. The molecule has 0 fully saturated rings. The summed E-state index contributed by atoms with van der Waals surface area (Å²) in [5, 5.41) is 19.0. The molecule has 1 aliphatic heterocycles. The number of oxazole rings is 1. The highest BCUT2D eigenvalue weighted by Gasteiger charge is 2.55. The van der Waals surface area contributed by atoms with Gasteiger partial charge in [-0.3, -0.25) is 4.79 Å². The van der Waals surface area contributed by atoms with Crippen LogP contribution in [0.2, 0.25) is 0 Å². The van der Waals surface area contributed by atoms with E-state index in [0.29, 0.717) is 29.4 Å².